The van der Waals surface area contributed by atoms with E-state index in [0.717, 1.165) is 19.5 Å². The number of nitrogens with one attached hydrogen (secondary N) is 1. The molecule has 0 saturated carbocycles. The molecule has 1 fully saturated rings. The molecule has 7 heteroatoms. The molecule has 1 N–H and O–H groups in total. The molecule has 3 rings (SSSR count). The van der Waals surface area contributed by atoms with E-state index in [1.54, 1.807) is 16.9 Å². The molecular formula is C9H12N6O. The van der Waals surface area contributed by atoms with E-state index in [2.05, 4.69) is 25.8 Å². The van der Waals surface area contributed by atoms with Crippen molar-refractivity contribution in [2.75, 3.05) is 19.7 Å². The predicted molar refractivity (Wildman–Crippen MR) is 55.0 cm³/mol. The Bertz CT molecular complexity index is 478. The maximum atomic E-state index is 5.68. The highest BCUT2D eigenvalue weighted by Gasteiger charge is 2.15. The van der Waals surface area contributed by atoms with Crippen molar-refractivity contribution in [2.45, 2.75) is 6.42 Å². The van der Waals surface area contributed by atoms with Crippen LogP contribution in [-0.2, 0) is 0 Å². The van der Waals surface area contributed by atoms with Gasteiger partial charge in [-0.2, -0.15) is 4.52 Å². The van der Waals surface area contributed by atoms with E-state index in [1.165, 1.54) is 0 Å². The van der Waals surface area contributed by atoms with Gasteiger partial charge in [-0.25, -0.2) is 0 Å². The maximum absolute atomic E-state index is 5.68. The Kier molecular flexibility index (Phi) is 2.37. The number of hydrogen-bond acceptors (Lipinski definition) is 6. The van der Waals surface area contributed by atoms with Crippen LogP contribution in [0.25, 0.3) is 5.65 Å². The van der Waals surface area contributed by atoms with Crippen LogP contribution in [0.4, 0.5) is 0 Å². The lowest BCUT2D eigenvalue weighted by atomic mass is 10.1. The fraction of sp³-hybridized carbons (Fsp3) is 0.556. The molecule has 0 amide bonds. The Morgan fingerprint density at radius 1 is 1.50 bits per heavy atom. The molecule has 1 aliphatic rings. The minimum Gasteiger partial charge on any atom is -0.476 e. The zero-order chi connectivity index (χ0) is 10.8. The zero-order valence-electron chi connectivity index (χ0n) is 8.70. The lowest BCUT2D eigenvalue weighted by Crippen LogP contribution is -2.16. The van der Waals surface area contributed by atoms with Gasteiger partial charge in [0.2, 0.25) is 11.5 Å². The molecule has 0 bridgehead atoms. The SMILES string of the molecule is c1ncc2nnnn2c1OCC1CCNC1. The lowest BCUT2D eigenvalue weighted by Gasteiger charge is -2.10. The van der Waals surface area contributed by atoms with Crippen molar-refractivity contribution in [2.24, 2.45) is 5.92 Å². The first-order chi connectivity index (χ1) is 7.93. The minimum atomic E-state index is 0.562. The summed E-state index contributed by atoms with van der Waals surface area (Å²) in [5.41, 5.74) is 0.599. The van der Waals surface area contributed by atoms with Crippen LogP contribution in [0.15, 0.2) is 12.4 Å². The van der Waals surface area contributed by atoms with Crippen molar-refractivity contribution in [3.8, 4) is 5.88 Å². The highest BCUT2D eigenvalue weighted by Crippen LogP contribution is 2.13. The first-order valence-corrected chi connectivity index (χ1v) is 5.29. The lowest BCUT2D eigenvalue weighted by molar-refractivity contribution is 0.244. The summed E-state index contributed by atoms with van der Waals surface area (Å²) in [5.74, 6) is 1.15. The van der Waals surface area contributed by atoms with Gasteiger partial charge in [-0.15, -0.1) is 5.10 Å². The summed E-state index contributed by atoms with van der Waals surface area (Å²) in [6.07, 6.45) is 4.38. The van der Waals surface area contributed by atoms with Crippen molar-refractivity contribution in [1.29, 1.82) is 0 Å². The molecule has 0 spiro atoms. The van der Waals surface area contributed by atoms with Crippen LogP contribution in [-0.4, -0.2) is 44.7 Å². The third-order valence-electron chi connectivity index (χ3n) is 2.71. The molecule has 2 aromatic heterocycles. The van der Waals surface area contributed by atoms with Gasteiger partial charge in [0.1, 0.15) is 0 Å². The van der Waals surface area contributed by atoms with Gasteiger partial charge >= 0.3 is 0 Å². The second-order valence-corrected chi connectivity index (χ2v) is 3.86. The van der Waals surface area contributed by atoms with Crippen LogP contribution in [0.1, 0.15) is 6.42 Å². The summed E-state index contributed by atoms with van der Waals surface area (Å²) in [7, 11) is 0. The van der Waals surface area contributed by atoms with Crippen LogP contribution in [0.2, 0.25) is 0 Å². The minimum absolute atomic E-state index is 0.562. The van der Waals surface area contributed by atoms with Gasteiger partial charge in [0.05, 0.1) is 19.0 Å². The highest BCUT2D eigenvalue weighted by molar-refractivity contribution is 5.34. The van der Waals surface area contributed by atoms with Crippen molar-refractivity contribution < 1.29 is 4.74 Å². The summed E-state index contributed by atoms with van der Waals surface area (Å²) >= 11 is 0. The Morgan fingerprint density at radius 2 is 2.50 bits per heavy atom. The summed E-state index contributed by atoms with van der Waals surface area (Å²) < 4.78 is 7.23. The molecule has 1 atom stereocenters. The van der Waals surface area contributed by atoms with Crippen LogP contribution >= 0.6 is 0 Å². The number of nitrogens with zero attached hydrogens (tertiary/aromatic N) is 5. The highest BCUT2D eigenvalue weighted by atomic mass is 16.5. The molecule has 1 aliphatic heterocycles. The van der Waals surface area contributed by atoms with E-state index in [1.807, 2.05) is 0 Å². The Labute approximate surface area is 91.8 Å². The van der Waals surface area contributed by atoms with Gasteiger partial charge in [-0.05, 0) is 23.4 Å². The normalized spacial score (nSPS) is 20.4. The van der Waals surface area contributed by atoms with Crippen molar-refractivity contribution in [3.05, 3.63) is 12.4 Å². The fourth-order valence-electron chi connectivity index (χ4n) is 1.81. The van der Waals surface area contributed by atoms with Gasteiger partial charge < -0.3 is 10.1 Å². The molecular weight excluding hydrogens is 208 g/mol. The molecule has 7 nitrogen and oxygen atoms in total. The largest absolute Gasteiger partial charge is 0.476 e. The number of fused-ring (bicyclic) bond motifs is 1. The Morgan fingerprint density at radius 3 is 3.38 bits per heavy atom. The molecule has 1 saturated heterocycles. The molecule has 0 radical (unpaired) electrons. The molecule has 1 unspecified atom stereocenters. The monoisotopic (exact) mass is 220 g/mol. The molecule has 84 valence electrons. The molecule has 16 heavy (non-hydrogen) atoms. The van der Waals surface area contributed by atoms with Gasteiger partial charge in [-0.3, -0.25) is 4.98 Å². The van der Waals surface area contributed by atoms with E-state index in [9.17, 15) is 0 Å². The molecule has 3 heterocycles. The third kappa shape index (κ3) is 1.69. The maximum Gasteiger partial charge on any atom is 0.237 e. The summed E-state index contributed by atoms with van der Waals surface area (Å²) in [6, 6.07) is 0. The predicted octanol–water partition coefficient (Wildman–Crippen LogP) is -0.492. The number of tetrazole rings is 1. The topological polar surface area (TPSA) is 77.2 Å². The van der Waals surface area contributed by atoms with Crippen LogP contribution < -0.4 is 10.1 Å². The Balaban J connectivity index is 1.75. The van der Waals surface area contributed by atoms with E-state index in [4.69, 9.17) is 4.74 Å². The van der Waals surface area contributed by atoms with Crippen LogP contribution in [0.5, 0.6) is 5.88 Å². The zero-order valence-corrected chi connectivity index (χ0v) is 8.70. The summed E-state index contributed by atoms with van der Waals surface area (Å²) in [6.45, 7) is 2.76. The van der Waals surface area contributed by atoms with Gasteiger partial charge in [-0.1, -0.05) is 0 Å². The van der Waals surface area contributed by atoms with E-state index >= 15 is 0 Å². The number of aromatic nitrogens is 5. The fourth-order valence-corrected chi connectivity index (χ4v) is 1.81. The quantitative estimate of drug-likeness (QED) is 0.752. The van der Waals surface area contributed by atoms with Gasteiger partial charge in [0.25, 0.3) is 0 Å². The van der Waals surface area contributed by atoms with E-state index < -0.39 is 0 Å². The second kappa shape index (κ2) is 4.01. The molecule has 0 aliphatic carbocycles. The van der Waals surface area contributed by atoms with Gasteiger partial charge in [0.15, 0.2) is 0 Å². The summed E-state index contributed by atoms with van der Waals surface area (Å²) in [4.78, 5) is 4.03. The smallest absolute Gasteiger partial charge is 0.237 e. The Hall–Kier alpha value is -1.76. The van der Waals surface area contributed by atoms with Gasteiger partial charge in [0, 0.05) is 12.5 Å². The number of hydrogen-bond donors (Lipinski definition) is 1. The average molecular weight is 220 g/mol. The first kappa shape index (κ1) is 9.46. The number of rotatable bonds is 3. The average Bonchev–Trinajstić information content (AvgIpc) is 2.97. The van der Waals surface area contributed by atoms with Crippen molar-refractivity contribution in [3.63, 3.8) is 0 Å². The van der Waals surface area contributed by atoms with E-state index in [0.29, 0.717) is 24.1 Å². The van der Waals surface area contributed by atoms with Crippen molar-refractivity contribution >= 4 is 5.65 Å². The summed E-state index contributed by atoms with van der Waals surface area (Å²) in [5, 5.41) is 14.5. The van der Waals surface area contributed by atoms with Crippen LogP contribution in [0.3, 0.4) is 0 Å². The standard InChI is InChI=1S/C9H12N6O/c1-2-10-3-7(1)6-16-9-5-11-4-8-12-13-14-15(8)9/h4-5,7,10H,1-3,6H2. The van der Waals surface area contributed by atoms with E-state index in [-0.39, 0.29) is 0 Å². The third-order valence-corrected chi connectivity index (χ3v) is 2.71. The first-order valence-electron chi connectivity index (χ1n) is 5.29. The molecule has 0 aromatic carbocycles. The second-order valence-electron chi connectivity index (χ2n) is 3.86. The van der Waals surface area contributed by atoms with Crippen LogP contribution in [0, 0.1) is 5.92 Å². The number of ether oxygens (including phenoxy) is 1. The van der Waals surface area contributed by atoms with Crippen molar-refractivity contribution in [1.82, 2.24) is 30.3 Å². The molecule has 2 aromatic rings.